The molecular weight excluding hydrogens is 348 g/mol. The predicted octanol–water partition coefficient (Wildman–Crippen LogP) is 2.04. The van der Waals surface area contributed by atoms with Gasteiger partial charge in [-0.05, 0) is 32.3 Å². The minimum Gasteiger partial charge on any atom is -0.492 e. The fourth-order valence-corrected chi connectivity index (χ4v) is 4.04. The van der Waals surface area contributed by atoms with Crippen LogP contribution in [0.4, 0.5) is 0 Å². The topological polar surface area (TPSA) is 83.2 Å². The second-order valence-electron chi connectivity index (χ2n) is 7.53. The van der Waals surface area contributed by atoms with Crippen LogP contribution in [0.25, 0.3) is 0 Å². The number of ether oxygens (including phenoxy) is 1. The molecule has 7 heteroatoms. The van der Waals surface area contributed by atoms with Gasteiger partial charge in [0.05, 0.1) is 6.54 Å². The van der Waals surface area contributed by atoms with E-state index >= 15 is 0 Å². The molecule has 2 aliphatic heterocycles. The maximum absolute atomic E-state index is 13.0. The lowest BCUT2D eigenvalue weighted by molar-refractivity contribution is -0.151. The van der Waals surface area contributed by atoms with Crippen molar-refractivity contribution in [3.63, 3.8) is 0 Å². The fourth-order valence-electron chi connectivity index (χ4n) is 4.04. The zero-order valence-corrected chi connectivity index (χ0v) is 15.3. The average molecular weight is 370 g/mol. The van der Waals surface area contributed by atoms with Gasteiger partial charge in [0.25, 0.3) is 5.91 Å². The van der Waals surface area contributed by atoms with Crippen LogP contribution in [0.1, 0.15) is 27.8 Å². The SMILES string of the molecule is CN(C)Cc1ccc(C(=O)N2C[C@@H]3c4ccccc4OC[C@]3(C(=O)O)C2)o1. The zero-order chi connectivity index (χ0) is 19.2. The number of para-hydroxylation sites is 1. The lowest BCUT2D eigenvalue weighted by atomic mass is 9.73. The van der Waals surface area contributed by atoms with Crippen LogP contribution < -0.4 is 4.74 Å². The van der Waals surface area contributed by atoms with Crippen LogP contribution in [0, 0.1) is 5.41 Å². The fraction of sp³-hybridized carbons (Fsp3) is 0.400. The Kier molecular flexibility index (Phi) is 4.19. The van der Waals surface area contributed by atoms with Gasteiger partial charge in [-0.1, -0.05) is 18.2 Å². The summed E-state index contributed by atoms with van der Waals surface area (Å²) in [5.74, 6) is 0.0967. The highest BCUT2D eigenvalue weighted by atomic mass is 16.5. The van der Waals surface area contributed by atoms with Gasteiger partial charge in [-0.3, -0.25) is 9.59 Å². The monoisotopic (exact) mass is 370 g/mol. The lowest BCUT2D eigenvalue weighted by Gasteiger charge is -2.35. The first-order valence-corrected chi connectivity index (χ1v) is 8.88. The minimum absolute atomic E-state index is 0.0534. The van der Waals surface area contributed by atoms with Crippen molar-refractivity contribution in [1.29, 1.82) is 0 Å². The number of hydrogen-bond acceptors (Lipinski definition) is 5. The quantitative estimate of drug-likeness (QED) is 0.887. The van der Waals surface area contributed by atoms with Crippen LogP contribution in [-0.2, 0) is 11.3 Å². The number of hydrogen-bond donors (Lipinski definition) is 1. The highest BCUT2D eigenvalue weighted by Crippen LogP contribution is 2.49. The van der Waals surface area contributed by atoms with E-state index in [1.807, 2.05) is 43.3 Å². The van der Waals surface area contributed by atoms with Gasteiger partial charge in [0.2, 0.25) is 0 Å². The average Bonchev–Trinajstić information content (AvgIpc) is 3.26. The van der Waals surface area contributed by atoms with Gasteiger partial charge in [0, 0.05) is 24.6 Å². The number of carbonyl (C=O) groups excluding carboxylic acids is 1. The van der Waals surface area contributed by atoms with Gasteiger partial charge >= 0.3 is 5.97 Å². The molecule has 1 aromatic carbocycles. The van der Waals surface area contributed by atoms with E-state index in [0.717, 1.165) is 5.56 Å². The number of fused-ring (bicyclic) bond motifs is 3. The van der Waals surface area contributed by atoms with E-state index in [1.165, 1.54) is 0 Å². The van der Waals surface area contributed by atoms with Gasteiger partial charge in [-0.15, -0.1) is 0 Å². The third-order valence-corrected chi connectivity index (χ3v) is 5.38. The highest BCUT2D eigenvalue weighted by Gasteiger charge is 2.57. The van der Waals surface area contributed by atoms with E-state index in [9.17, 15) is 14.7 Å². The van der Waals surface area contributed by atoms with Gasteiger partial charge in [-0.2, -0.15) is 0 Å². The molecule has 3 heterocycles. The van der Waals surface area contributed by atoms with Crippen LogP contribution in [0.15, 0.2) is 40.8 Å². The largest absolute Gasteiger partial charge is 0.492 e. The molecule has 27 heavy (non-hydrogen) atoms. The summed E-state index contributed by atoms with van der Waals surface area (Å²) in [5.41, 5.74) is -0.294. The molecule has 0 radical (unpaired) electrons. The molecule has 7 nitrogen and oxygen atoms in total. The zero-order valence-electron chi connectivity index (χ0n) is 15.3. The molecule has 1 saturated heterocycles. The summed E-state index contributed by atoms with van der Waals surface area (Å²) in [6, 6.07) is 10.9. The highest BCUT2D eigenvalue weighted by molar-refractivity contribution is 5.93. The Morgan fingerprint density at radius 3 is 2.78 bits per heavy atom. The number of carbonyl (C=O) groups is 2. The summed E-state index contributed by atoms with van der Waals surface area (Å²) in [6.07, 6.45) is 0. The number of nitrogens with zero attached hydrogens (tertiary/aromatic N) is 2. The summed E-state index contributed by atoms with van der Waals surface area (Å²) < 4.78 is 11.4. The van der Waals surface area contributed by atoms with Crippen LogP contribution in [-0.4, -0.2) is 60.6 Å². The van der Waals surface area contributed by atoms with Crippen molar-refractivity contribution in [1.82, 2.24) is 9.80 Å². The molecule has 4 rings (SSSR count). The summed E-state index contributed by atoms with van der Waals surface area (Å²) in [4.78, 5) is 28.6. The maximum Gasteiger partial charge on any atom is 0.315 e. The van der Waals surface area contributed by atoms with Crippen molar-refractivity contribution >= 4 is 11.9 Å². The molecule has 0 bridgehead atoms. The molecule has 2 atom stereocenters. The summed E-state index contributed by atoms with van der Waals surface area (Å²) in [6.45, 7) is 1.08. The minimum atomic E-state index is -1.14. The van der Waals surface area contributed by atoms with Crippen LogP contribution in [0.2, 0.25) is 0 Å². The normalized spacial score (nSPS) is 23.7. The van der Waals surface area contributed by atoms with Gasteiger partial charge in [0.15, 0.2) is 5.76 Å². The Morgan fingerprint density at radius 1 is 1.26 bits per heavy atom. The van der Waals surface area contributed by atoms with Gasteiger partial charge < -0.3 is 24.1 Å². The van der Waals surface area contributed by atoms with E-state index in [2.05, 4.69) is 0 Å². The van der Waals surface area contributed by atoms with Crippen molar-refractivity contribution in [3.8, 4) is 5.75 Å². The molecule has 0 spiro atoms. The second-order valence-corrected chi connectivity index (χ2v) is 7.53. The lowest BCUT2D eigenvalue weighted by Crippen LogP contribution is -2.46. The first-order chi connectivity index (χ1) is 12.9. The van der Waals surface area contributed by atoms with E-state index in [4.69, 9.17) is 9.15 Å². The second kappa shape index (κ2) is 6.42. The van der Waals surface area contributed by atoms with Gasteiger partial charge in [-0.25, -0.2) is 0 Å². The third kappa shape index (κ3) is 2.88. The van der Waals surface area contributed by atoms with Gasteiger partial charge in [0.1, 0.15) is 23.5 Å². The number of rotatable bonds is 4. The van der Waals surface area contributed by atoms with Crippen molar-refractivity contribution in [2.24, 2.45) is 5.41 Å². The first-order valence-electron chi connectivity index (χ1n) is 8.88. The number of amides is 1. The Bertz CT molecular complexity index is 890. The van der Waals surface area contributed by atoms with E-state index in [-0.39, 0.29) is 30.7 Å². The summed E-state index contributed by atoms with van der Waals surface area (Å²) in [7, 11) is 3.84. The van der Waals surface area contributed by atoms with E-state index in [1.54, 1.807) is 17.0 Å². The summed E-state index contributed by atoms with van der Waals surface area (Å²) >= 11 is 0. The van der Waals surface area contributed by atoms with Crippen molar-refractivity contribution < 1.29 is 23.8 Å². The molecule has 1 N–H and O–H groups in total. The smallest absolute Gasteiger partial charge is 0.315 e. The Labute approximate surface area is 157 Å². The van der Waals surface area contributed by atoms with Crippen molar-refractivity contribution in [3.05, 3.63) is 53.5 Å². The molecule has 142 valence electrons. The molecule has 2 aliphatic rings. The maximum atomic E-state index is 13.0. The molecule has 0 saturated carbocycles. The Morgan fingerprint density at radius 2 is 2.04 bits per heavy atom. The van der Waals surface area contributed by atoms with Crippen molar-refractivity contribution in [2.75, 3.05) is 33.8 Å². The number of furan rings is 1. The Balaban J connectivity index is 1.62. The van der Waals surface area contributed by atoms with E-state index in [0.29, 0.717) is 24.6 Å². The number of carboxylic acids is 1. The number of aliphatic carboxylic acids is 1. The molecule has 0 unspecified atom stereocenters. The van der Waals surface area contributed by atoms with Crippen molar-refractivity contribution in [2.45, 2.75) is 12.5 Å². The molecule has 2 aromatic rings. The standard InChI is InChI=1S/C20H22N2O5/c1-21(2)9-13-7-8-17(27-13)18(23)22-10-15-14-5-3-4-6-16(14)26-12-20(15,11-22)19(24)25/h3-8,15H,9-12H2,1-2H3,(H,24,25)/t15-,20-/m1/s1. The number of carboxylic acid groups (broad SMARTS) is 1. The molecule has 0 aliphatic carbocycles. The predicted molar refractivity (Wildman–Crippen MR) is 96.7 cm³/mol. The van der Waals surface area contributed by atoms with Crippen LogP contribution >= 0.6 is 0 Å². The Hall–Kier alpha value is -2.80. The molecular formula is C20H22N2O5. The van der Waals surface area contributed by atoms with E-state index < -0.39 is 11.4 Å². The molecule has 1 amide bonds. The molecule has 1 aromatic heterocycles. The van der Waals surface area contributed by atoms with Crippen LogP contribution in [0.3, 0.4) is 0 Å². The molecule has 1 fully saturated rings. The van der Waals surface area contributed by atoms with Crippen LogP contribution in [0.5, 0.6) is 5.75 Å². The summed E-state index contributed by atoms with van der Waals surface area (Å²) in [5, 5.41) is 9.95. The number of benzene rings is 1. The third-order valence-electron chi connectivity index (χ3n) is 5.38. The first kappa shape index (κ1) is 17.6. The number of likely N-dealkylation sites (tertiary alicyclic amines) is 1.